The zero-order valence-corrected chi connectivity index (χ0v) is 23.2. The third-order valence-electron chi connectivity index (χ3n) is 8.02. The molecule has 0 aromatic carbocycles. The first-order chi connectivity index (χ1) is 14.1. The Morgan fingerprint density at radius 2 is 1.52 bits per heavy atom. The molecule has 3 heterocycles. The van der Waals surface area contributed by atoms with E-state index in [9.17, 15) is 0 Å². The summed E-state index contributed by atoms with van der Waals surface area (Å²) in [5, 5.41) is 0.267. The monoisotopic (exact) mass is 472 g/mol. The molecular weight excluding hydrogens is 428 g/mol. The van der Waals surface area contributed by atoms with Gasteiger partial charge >= 0.3 is 0 Å². The molecule has 0 aromatic rings. The summed E-state index contributed by atoms with van der Waals surface area (Å²) in [6, 6.07) is 0. The molecule has 0 spiro atoms. The first-order valence-corrected chi connectivity index (χ1v) is 17.4. The van der Waals surface area contributed by atoms with Gasteiger partial charge in [0.15, 0.2) is 8.32 Å². The molecule has 180 valence electrons. The van der Waals surface area contributed by atoms with Crippen molar-refractivity contribution in [3.05, 3.63) is 12.3 Å². The summed E-state index contributed by atoms with van der Waals surface area (Å²) in [4.78, 5) is 0. The van der Waals surface area contributed by atoms with Crippen LogP contribution >= 0.6 is 0 Å². The van der Waals surface area contributed by atoms with Gasteiger partial charge in [-0.1, -0.05) is 41.5 Å². The molecule has 0 amide bonds. The zero-order valence-electron chi connectivity index (χ0n) is 21.2. The summed E-state index contributed by atoms with van der Waals surface area (Å²) in [5.74, 6) is 0. The third-order valence-corrected chi connectivity index (χ3v) is 16.8. The van der Waals surface area contributed by atoms with Gasteiger partial charge in [0, 0.05) is 6.42 Å². The second-order valence-corrected chi connectivity index (χ2v) is 22.0. The van der Waals surface area contributed by atoms with Crippen molar-refractivity contribution in [1.29, 1.82) is 0 Å². The molecule has 3 saturated heterocycles. The second kappa shape index (κ2) is 8.52. The Balaban J connectivity index is 1.80. The van der Waals surface area contributed by atoms with Gasteiger partial charge in [-0.15, -0.1) is 0 Å². The molecule has 31 heavy (non-hydrogen) atoms. The quantitative estimate of drug-likeness (QED) is 0.391. The van der Waals surface area contributed by atoms with E-state index in [0.29, 0.717) is 20.0 Å². The summed E-state index contributed by atoms with van der Waals surface area (Å²) in [6.45, 7) is 23.9. The fourth-order valence-electron chi connectivity index (χ4n) is 3.63. The summed E-state index contributed by atoms with van der Waals surface area (Å²) >= 11 is 0. The highest BCUT2D eigenvalue weighted by Crippen LogP contribution is 2.44. The molecule has 0 bridgehead atoms. The van der Waals surface area contributed by atoms with E-state index in [1.165, 1.54) is 0 Å². The van der Waals surface area contributed by atoms with Crippen LogP contribution in [-0.2, 0) is 27.8 Å². The van der Waals surface area contributed by atoms with Crippen molar-refractivity contribution < 1.29 is 27.8 Å². The van der Waals surface area contributed by atoms with Crippen molar-refractivity contribution in [3.63, 3.8) is 0 Å². The van der Waals surface area contributed by atoms with Crippen molar-refractivity contribution in [2.75, 3.05) is 20.0 Å². The van der Waals surface area contributed by atoms with Crippen LogP contribution in [0.15, 0.2) is 12.3 Å². The van der Waals surface area contributed by atoms with Crippen LogP contribution in [0.4, 0.5) is 0 Å². The summed E-state index contributed by atoms with van der Waals surface area (Å²) in [6.07, 6.45) is 4.37. The summed E-state index contributed by atoms with van der Waals surface area (Å²) in [7, 11) is -3.85. The van der Waals surface area contributed by atoms with Gasteiger partial charge in [-0.05, 0) is 42.3 Å². The standard InChI is InChI=1S/C23H44O6Si2/c1-21(2,3)30(7,8)27-12-11-23(15-28-31(9,10)22(4,5)6)13-17-20(29-23)19-18(14-24-17)25-16-26-19/h11-12,17-20H,13-16H2,1-10H3/b12-11+/t17-,18+,19+,20+,23+/m1/s1. The lowest BCUT2D eigenvalue weighted by atomic mass is 9.95. The molecule has 0 saturated carbocycles. The Bertz CT molecular complexity index is 666. The average molecular weight is 473 g/mol. The first kappa shape index (κ1) is 25.4. The molecule has 3 fully saturated rings. The fourth-order valence-corrected chi connectivity index (χ4v) is 5.43. The van der Waals surface area contributed by atoms with E-state index in [1.54, 1.807) is 0 Å². The number of ether oxygens (including phenoxy) is 4. The minimum Gasteiger partial charge on any atom is -0.549 e. The number of rotatable bonds is 6. The molecule has 0 N–H and O–H groups in total. The molecule has 8 heteroatoms. The van der Waals surface area contributed by atoms with Crippen LogP contribution in [0.5, 0.6) is 0 Å². The zero-order chi connectivity index (χ0) is 23.3. The Hall–Kier alpha value is -0.226. The second-order valence-electron chi connectivity index (χ2n) is 12.4. The highest BCUT2D eigenvalue weighted by atomic mass is 28.4. The highest BCUT2D eigenvalue weighted by molar-refractivity contribution is 6.74. The normalized spacial score (nSPS) is 34.8. The molecule has 0 radical (unpaired) electrons. The molecule has 3 aliphatic heterocycles. The van der Waals surface area contributed by atoms with Gasteiger partial charge in [-0.3, -0.25) is 0 Å². The third kappa shape index (κ3) is 5.31. The van der Waals surface area contributed by atoms with Crippen LogP contribution in [-0.4, -0.2) is 66.7 Å². The van der Waals surface area contributed by atoms with Gasteiger partial charge in [0.2, 0.25) is 8.32 Å². The van der Waals surface area contributed by atoms with Gasteiger partial charge in [-0.25, -0.2) is 0 Å². The number of fused-ring (bicyclic) bond motifs is 3. The van der Waals surface area contributed by atoms with E-state index in [1.807, 2.05) is 6.26 Å². The summed E-state index contributed by atoms with van der Waals surface area (Å²) in [5.41, 5.74) is -0.589. The largest absolute Gasteiger partial charge is 0.549 e. The molecule has 6 nitrogen and oxygen atoms in total. The SMILES string of the molecule is CC(C)(C)[Si](C)(C)O/C=C/[C@@]1(CO[Si](C)(C)C(C)(C)C)C[C@H]2OC[C@@H]3OCO[C@@H]3[C@H]2O1. The highest BCUT2D eigenvalue weighted by Gasteiger charge is 2.56. The molecule has 0 aromatic heterocycles. The Labute approximate surface area is 191 Å². The smallest absolute Gasteiger partial charge is 0.249 e. The predicted molar refractivity (Wildman–Crippen MR) is 127 cm³/mol. The van der Waals surface area contributed by atoms with Crippen molar-refractivity contribution >= 4 is 16.6 Å². The van der Waals surface area contributed by atoms with Crippen molar-refractivity contribution in [2.24, 2.45) is 0 Å². The van der Waals surface area contributed by atoms with Crippen LogP contribution in [0.1, 0.15) is 48.0 Å². The van der Waals surface area contributed by atoms with E-state index in [2.05, 4.69) is 73.8 Å². The summed E-state index contributed by atoms with van der Waals surface area (Å²) < 4.78 is 37.3. The number of hydrogen-bond acceptors (Lipinski definition) is 6. The minimum atomic E-state index is -1.94. The lowest BCUT2D eigenvalue weighted by Crippen LogP contribution is -2.50. The van der Waals surface area contributed by atoms with Crippen molar-refractivity contribution in [3.8, 4) is 0 Å². The van der Waals surface area contributed by atoms with Crippen LogP contribution in [0.3, 0.4) is 0 Å². The van der Waals surface area contributed by atoms with E-state index >= 15 is 0 Å². The minimum absolute atomic E-state index is 0.0245. The number of hydrogen-bond donors (Lipinski definition) is 0. The maximum Gasteiger partial charge on any atom is 0.249 e. The molecule has 0 aliphatic carbocycles. The molecule has 0 unspecified atom stereocenters. The van der Waals surface area contributed by atoms with E-state index in [4.69, 9.17) is 27.8 Å². The van der Waals surface area contributed by atoms with Crippen LogP contribution in [0, 0.1) is 0 Å². The lowest BCUT2D eigenvalue weighted by molar-refractivity contribution is -0.149. The maximum atomic E-state index is 6.69. The van der Waals surface area contributed by atoms with Crippen LogP contribution in [0.2, 0.25) is 36.3 Å². The van der Waals surface area contributed by atoms with Gasteiger partial charge in [0.1, 0.15) is 30.7 Å². The van der Waals surface area contributed by atoms with Crippen molar-refractivity contribution in [2.45, 2.75) is 114 Å². The van der Waals surface area contributed by atoms with Crippen molar-refractivity contribution in [1.82, 2.24) is 0 Å². The Morgan fingerprint density at radius 1 is 0.871 bits per heavy atom. The topological polar surface area (TPSA) is 55.4 Å². The van der Waals surface area contributed by atoms with E-state index in [-0.39, 0.29) is 34.5 Å². The Kier molecular flexibility index (Phi) is 6.98. The fraction of sp³-hybridized carbons (Fsp3) is 0.913. The molecular formula is C23H44O6Si2. The molecule has 3 rings (SSSR count). The predicted octanol–water partition coefficient (Wildman–Crippen LogP) is 5.21. The van der Waals surface area contributed by atoms with E-state index < -0.39 is 22.2 Å². The van der Waals surface area contributed by atoms with Crippen LogP contribution in [0.25, 0.3) is 0 Å². The molecule has 3 aliphatic rings. The Morgan fingerprint density at radius 3 is 2.13 bits per heavy atom. The van der Waals surface area contributed by atoms with Gasteiger partial charge in [-0.2, -0.15) is 0 Å². The van der Waals surface area contributed by atoms with Gasteiger partial charge in [0.05, 0.1) is 25.6 Å². The average Bonchev–Trinajstić information content (AvgIpc) is 3.22. The van der Waals surface area contributed by atoms with Gasteiger partial charge < -0.3 is 27.8 Å². The van der Waals surface area contributed by atoms with Gasteiger partial charge in [0.25, 0.3) is 0 Å². The lowest BCUT2D eigenvalue weighted by Gasteiger charge is -2.39. The maximum absolute atomic E-state index is 6.69. The van der Waals surface area contributed by atoms with E-state index in [0.717, 1.165) is 6.42 Å². The van der Waals surface area contributed by atoms with Crippen LogP contribution < -0.4 is 0 Å². The first-order valence-electron chi connectivity index (χ1n) is 11.6. The molecule has 5 atom stereocenters.